The number of aromatic nitrogens is 5. The average Bonchev–Trinajstić information content (AvgIpc) is 3.65. The molecule has 0 bridgehead atoms. The highest BCUT2D eigenvalue weighted by molar-refractivity contribution is 8.01. The van der Waals surface area contributed by atoms with Crippen molar-refractivity contribution in [3.05, 3.63) is 164 Å². The van der Waals surface area contributed by atoms with Crippen LogP contribution in [-0.4, -0.2) is 31.2 Å². The van der Waals surface area contributed by atoms with Gasteiger partial charge < -0.3 is 4.57 Å². The molecule has 0 saturated heterocycles. The van der Waals surface area contributed by atoms with Crippen molar-refractivity contribution in [1.82, 2.24) is 24.5 Å². The molecule has 0 aliphatic carbocycles. The van der Waals surface area contributed by atoms with Gasteiger partial charge in [-0.25, -0.2) is 19.9 Å². The molecule has 7 aromatic carbocycles. The van der Waals surface area contributed by atoms with Crippen LogP contribution in [0, 0.1) is 0 Å². The van der Waals surface area contributed by atoms with Crippen LogP contribution in [-0.2, 0) is 6.54 Å². The number of para-hydroxylation sites is 2. The minimum Gasteiger partial charge on any atom is -0.324 e. The van der Waals surface area contributed by atoms with Crippen molar-refractivity contribution in [3.63, 3.8) is 0 Å². The molecule has 2 aromatic heterocycles. The van der Waals surface area contributed by atoms with E-state index in [9.17, 15) is 0 Å². The van der Waals surface area contributed by atoms with Crippen LogP contribution in [0.1, 0.15) is 6.92 Å². The van der Waals surface area contributed by atoms with Crippen LogP contribution in [0.4, 0.5) is 0 Å². The van der Waals surface area contributed by atoms with Crippen LogP contribution in [0.3, 0.4) is 0 Å². The molecule has 2 aliphatic rings. The van der Waals surface area contributed by atoms with Crippen LogP contribution in [0.2, 0.25) is 0 Å². The van der Waals surface area contributed by atoms with Gasteiger partial charge in [-0.15, -0.1) is 0 Å². The van der Waals surface area contributed by atoms with Crippen molar-refractivity contribution in [2.45, 2.75) is 33.1 Å². The maximum atomic E-state index is 5.08. The quantitative estimate of drug-likeness (QED) is 0.158. The molecule has 264 valence electrons. The van der Waals surface area contributed by atoms with Gasteiger partial charge in [-0.3, -0.25) is 0 Å². The Balaban J connectivity index is 1.02. The van der Waals surface area contributed by atoms with E-state index in [1.54, 1.807) is 0 Å². The highest BCUT2D eigenvalue weighted by atomic mass is 32.2. The Morgan fingerprint density at radius 2 is 1.04 bits per heavy atom. The van der Waals surface area contributed by atoms with Crippen LogP contribution < -0.4 is 16.4 Å². The summed E-state index contributed by atoms with van der Waals surface area (Å²) in [4.78, 5) is 25.3. The number of rotatable bonds is 6. The Bertz CT molecular complexity index is 2930. The first-order chi connectivity index (χ1) is 27.7. The first-order valence-corrected chi connectivity index (χ1v) is 20.5. The Kier molecular flexibility index (Phi) is 8.00. The Morgan fingerprint density at radius 1 is 0.446 bits per heavy atom. The molecule has 56 heavy (non-hydrogen) atoms. The van der Waals surface area contributed by atoms with Gasteiger partial charge in [-0.2, -0.15) is 0 Å². The maximum Gasteiger partial charge on any atom is 0.247 e. The summed E-state index contributed by atoms with van der Waals surface area (Å²) in [7, 11) is 0. The highest BCUT2D eigenvalue weighted by Crippen LogP contribution is 2.40. The predicted octanol–water partition coefficient (Wildman–Crippen LogP) is 10.0. The smallest absolute Gasteiger partial charge is 0.247 e. The van der Waals surface area contributed by atoms with E-state index >= 15 is 0 Å². The fourth-order valence-electron chi connectivity index (χ4n) is 8.14. The number of benzene rings is 7. The fraction of sp³-hybridized carbons (Fsp3) is 0.0417. The molecule has 5 nitrogen and oxygen atoms in total. The fourth-order valence-corrected chi connectivity index (χ4v) is 10.6. The van der Waals surface area contributed by atoms with Crippen LogP contribution >= 0.6 is 23.5 Å². The number of aryl methyl sites for hydroxylation is 1. The molecule has 2 aliphatic heterocycles. The number of hydrogen-bond acceptors (Lipinski definition) is 6. The van der Waals surface area contributed by atoms with Crippen molar-refractivity contribution in [1.29, 1.82) is 0 Å². The van der Waals surface area contributed by atoms with Gasteiger partial charge in [0.05, 0.1) is 11.0 Å². The minimum atomic E-state index is 0.0857. The van der Waals surface area contributed by atoms with Crippen LogP contribution in [0.25, 0.3) is 67.7 Å². The zero-order valence-corrected chi connectivity index (χ0v) is 32.1. The third-order valence-corrected chi connectivity index (χ3v) is 13.1. The molecule has 0 amide bonds. The first kappa shape index (κ1) is 33.2. The maximum absolute atomic E-state index is 5.08. The molecule has 0 atom stereocenters. The summed E-state index contributed by atoms with van der Waals surface area (Å²) < 4.78 is 2.31. The largest absolute Gasteiger partial charge is 0.324 e. The molecule has 4 heterocycles. The van der Waals surface area contributed by atoms with Gasteiger partial charge in [0.2, 0.25) is 6.71 Å². The van der Waals surface area contributed by atoms with E-state index < -0.39 is 0 Å². The summed E-state index contributed by atoms with van der Waals surface area (Å²) in [5.74, 6) is 3.00. The van der Waals surface area contributed by atoms with Gasteiger partial charge in [-0.05, 0) is 66.0 Å². The Morgan fingerprint density at radius 3 is 1.77 bits per heavy atom. The van der Waals surface area contributed by atoms with Gasteiger partial charge in [0.25, 0.3) is 0 Å². The molecule has 0 unspecified atom stereocenters. The summed E-state index contributed by atoms with van der Waals surface area (Å²) in [6, 6.07) is 58.1. The number of hydrogen-bond donors (Lipinski definition) is 0. The van der Waals surface area contributed by atoms with E-state index in [2.05, 4.69) is 139 Å². The lowest BCUT2D eigenvalue weighted by Gasteiger charge is -2.33. The lowest BCUT2D eigenvalue weighted by molar-refractivity contribution is 0.796. The molecule has 0 N–H and O–H groups in total. The SMILES string of the molecule is CCn1c(-c2cccc(-c3ccc4c(c3)Sc3cccc5c3B4c3cc(-c4nc(-c6ccccc6)nc(-c6ccccc6)n4)ccc3S5)c2)nc2ccccc21. The molecule has 0 saturated carbocycles. The normalized spacial score (nSPS) is 12.6. The summed E-state index contributed by atoms with van der Waals surface area (Å²) in [6.07, 6.45) is 0. The Hall–Kier alpha value is -6.22. The zero-order valence-electron chi connectivity index (χ0n) is 30.4. The standard InChI is InChI=1S/C48H32BN5S2/c1-2-54-39-20-10-9-19-38(39)50-48(54)35-18-11-17-32(27-35)33-23-25-36-43(29-33)56-42-22-12-21-41-44(42)49(36)37-28-34(24-26-40(37)55-41)47-52-45(30-13-5-3-6-14-30)51-46(53-47)31-15-7-4-8-16-31/h3-29H,2H2,1H3. The van der Waals surface area contributed by atoms with Crippen LogP contribution in [0.5, 0.6) is 0 Å². The van der Waals surface area contributed by atoms with Crippen molar-refractivity contribution in [3.8, 4) is 56.7 Å². The highest BCUT2D eigenvalue weighted by Gasteiger charge is 2.38. The zero-order chi connectivity index (χ0) is 37.2. The molecule has 0 fully saturated rings. The van der Waals surface area contributed by atoms with E-state index in [1.165, 1.54) is 47.1 Å². The summed E-state index contributed by atoms with van der Waals surface area (Å²) in [6.45, 7) is 3.13. The van der Waals surface area contributed by atoms with Gasteiger partial charge in [0.1, 0.15) is 5.82 Å². The van der Waals surface area contributed by atoms with E-state index in [4.69, 9.17) is 19.9 Å². The second-order valence-electron chi connectivity index (χ2n) is 14.1. The lowest BCUT2D eigenvalue weighted by atomic mass is 9.36. The molecular weight excluding hydrogens is 722 g/mol. The summed E-state index contributed by atoms with van der Waals surface area (Å²) >= 11 is 3.74. The number of imidazole rings is 1. The van der Waals surface area contributed by atoms with E-state index in [0.29, 0.717) is 17.5 Å². The van der Waals surface area contributed by atoms with E-state index in [1.807, 2.05) is 59.9 Å². The lowest BCUT2D eigenvalue weighted by Crippen LogP contribution is -2.58. The van der Waals surface area contributed by atoms with E-state index in [-0.39, 0.29) is 6.71 Å². The average molecular weight is 754 g/mol. The van der Waals surface area contributed by atoms with Crippen molar-refractivity contribution in [2.75, 3.05) is 0 Å². The van der Waals surface area contributed by atoms with Gasteiger partial charge in [0.15, 0.2) is 17.5 Å². The number of fused-ring (bicyclic) bond motifs is 5. The molecule has 0 radical (unpaired) electrons. The second-order valence-corrected chi connectivity index (χ2v) is 16.3. The molecular formula is C48H32BN5S2. The Labute approximate surface area is 334 Å². The molecule has 11 rings (SSSR count). The summed E-state index contributed by atoms with van der Waals surface area (Å²) in [5, 5.41) is 0. The molecule has 9 aromatic rings. The molecule has 0 spiro atoms. The minimum absolute atomic E-state index is 0.0857. The predicted molar refractivity (Wildman–Crippen MR) is 232 cm³/mol. The monoisotopic (exact) mass is 753 g/mol. The van der Waals surface area contributed by atoms with Crippen molar-refractivity contribution in [2.24, 2.45) is 0 Å². The van der Waals surface area contributed by atoms with Crippen molar-refractivity contribution < 1.29 is 0 Å². The summed E-state index contributed by atoms with van der Waals surface area (Å²) in [5.41, 5.74) is 12.6. The topological polar surface area (TPSA) is 56.5 Å². The molecule has 8 heteroatoms. The first-order valence-electron chi connectivity index (χ1n) is 18.9. The third kappa shape index (κ3) is 5.59. The third-order valence-electron chi connectivity index (χ3n) is 10.8. The second kappa shape index (κ2) is 13.5. The van der Waals surface area contributed by atoms with Gasteiger partial charge in [-0.1, -0.05) is 156 Å². The van der Waals surface area contributed by atoms with Crippen LogP contribution in [0.15, 0.2) is 183 Å². The van der Waals surface area contributed by atoms with E-state index in [0.717, 1.165) is 45.7 Å². The van der Waals surface area contributed by atoms with Gasteiger partial charge >= 0.3 is 0 Å². The van der Waals surface area contributed by atoms with Gasteiger partial charge in [0, 0.05) is 48.4 Å². The van der Waals surface area contributed by atoms with Crippen molar-refractivity contribution >= 4 is 57.7 Å². The number of nitrogens with zero attached hydrogens (tertiary/aromatic N) is 5.